The van der Waals surface area contributed by atoms with E-state index in [2.05, 4.69) is 59.4 Å². The quantitative estimate of drug-likeness (QED) is 0.812. The SMILES string of the molecule is CC(C)(C)OC(=O)N1CCC(NCc2ccc(Br)cc2)C(C)(C)C1. The molecule has 1 amide bonds. The molecule has 1 aromatic rings. The van der Waals surface area contributed by atoms with Crippen LogP contribution in [0.5, 0.6) is 0 Å². The lowest BCUT2D eigenvalue weighted by Crippen LogP contribution is -2.56. The van der Waals surface area contributed by atoms with Crippen LogP contribution in [0.1, 0.15) is 46.6 Å². The van der Waals surface area contributed by atoms with Crippen molar-refractivity contribution in [2.45, 2.75) is 59.2 Å². The Morgan fingerprint density at radius 2 is 1.96 bits per heavy atom. The molecule has 0 aromatic heterocycles. The van der Waals surface area contributed by atoms with Gasteiger partial charge in [-0.1, -0.05) is 41.9 Å². The third-order valence-electron chi connectivity index (χ3n) is 4.35. The number of likely N-dealkylation sites (tertiary alicyclic amines) is 1. The van der Waals surface area contributed by atoms with Crippen molar-refractivity contribution in [2.24, 2.45) is 5.41 Å². The largest absolute Gasteiger partial charge is 0.444 e. The number of carbonyl (C=O) groups excluding carboxylic acids is 1. The van der Waals surface area contributed by atoms with Gasteiger partial charge in [-0.3, -0.25) is 0 Å². The van der Waals surface area contributed by atoms with Crippen molar-refractivity contribution in [3.05, 3.63) is 34.3 Å². The summed E-state index contributed by atoms with van der Waals surface area (Å²) in [6.07, 6.45) is 0.727. The maximum atomic E-state index is 12.3. The predicted molar refractivity (Wildman–Crippen MR) is 101 cm³/mol. The molecule has 1 atom stereocenters. The standard InChI is InChI=1S/C19H29BrN2O2/c1-18(2,3)24-17(23)22-11-10-16(19(4,5)13-22)21-12-14-6-8-15(20)9-7-14/h6-9,16,21H,10-13H2,1-5H3. The number of rotatable bonds is 3. The van der Waals surface area contributed by atoms with Crippen molar-refractivity contribution in [1.29, 1.82) is 0 Å². The average Bonchev–Trinajstić information content (AvgIpc) is 2.45. The molecule has 1 aromatic carbocycles. The number of nitrogens with one attached hydrogen (secondary N) is 1. The van der Waals surface area contributed by atoms with Gasteiger partial charge in [0.15, 0.2) is 0 Å². The van der Waals surface area contributed by atoms with Crippen LogP contribution in [-0.4, -0.2) is 35.7 Å². The van der Waals surface area contributed by atoms with Crippen molar-refractivity contribution in [1.82, 2.24) is 10.2 Å². The van der Waals surface area contributed by atoms with E-state index in [4.69, 9.17) is 4.74 Å². The fourth-order valence-electron chi connectivity index (χ4n) is 3.06. The number of benzene rings is 1. The normalized spacial score (nSPS) is 20.8. The topological polar surface area (TPSA) is 41.6 Å². The van der Waals surface area contributed by atoms with Crippen LogP contribution in [0, 0.1) is 5.41 Å². The minimum absolute atomic E-state index is 0.00448. The van der Waals surface area contributed by atoms with Crippen LogP contribution < -0.4 is 5.32 Å². The average molecular weight is 397 g/mol. The fourth-order valence-corrected chi connectivity index (χ4v) is 3.33. The predicted octanol–water partition coefficient (Wildman–Crippen LogP) is 4.57. The molecule has 1 heterocycles. The maximum Gasteiger partial charge on any atom is 0.410 e. The Labute approximate surface area is 154 Å². The van der Waals surface area contributed by atoms with Crippen LogP contribution in [-0.2, 0) is 11.3 Å². The van der Waals surface area contributed by atoms with E-state index in [1.165, 1.54) is 5.56 Å². The molecule has 1 aliphatic heterocycles. The summed E-state index contributed by atoms with van der Waals surface area (Å²) in [5.41, 5.74) is 0.825. The Balaban J connectivity index is 1.91. The summed E-state index contributed by atoms with van der Waals surface area (Å²) in [6, 6.07) is 8.75. The van der Waals surface area contributed by atoms with Gasteiger partial charge in [-0.05, 0) is 50.3 Å². The van der Waals surface area contributed by atoms with Crippen LogP contribution in [0.3, 0.4) is 0 Å². The summed E-state index contributed by atoms with van der Waals surface area (Å²) >= 11 is 3.46. The molecule has 5 heteroatoms. The zero-order valence-corrected chi connectivity index (χ0v) is 16.9. The van der Waals surface area contributed by atoms with Crippen LogP contribution in [0.4, 0.5) is 4.79 Å². The van der Waals surface area contributed by atoms with Gasteiger partial charge in [-0.15, -0.1) is 0 Å². The lowest BCUT2D eigenvalue weighted by Gasteiger charge is -2.44. The maximum absolute atomic E-state index is 12.3. The molecule has 2 rings (SSSR count). The molecule has 0 aliphatic carbocycles. The minimum atomic E-state index is -0.447. The number of nitrogens with zero attached hydrogens (tertiary/aromatic N) is 1. The molecular weight excluding hydrogens is 368 g/mol. The van der Waals surface area contributed by atoms with Gasteiger partial charge >= 0.3 is 6.09 Å². The Bertz CT molecular complexity index is 564. The number of amides is 1. The van der Waals surface area contributed by atoms with E-state index in [1.807, 2.05) is 25.7 Å². The van der Waals surface area contributed by atoms with Crippen molar-refractivity contribution >= 4 is 22.0 Å². The van der Waals surface area contributed by atoms with Gasteiger partial charge in [-0.25, -0.2) is 4.79 Å². The fraction of sp³-hybridized carbons (Fsp3) is 0.632. The van der Waals surface area contributed by atoms with Gasteiger partial charge in [0.25, 0.3) is 0 Å². The highest BCUT2D eigenvalue weighted by atomic mass is 79.9. The van der Waals surface area contributed by atoms with Crippen LogP contribution >= 0.6 is 15.9 Å². The monoisotopic (exact) mass is 396 g/mol. The molecule has 0 saturated carbocycles. The lowest BCUT2D eigenvalue weighted by atomic mass is 9.79. The molecule has 1 fully saturated rings. The first-order chi connectivity index (χ1) is 11.1. The summed E-state index contributed by atoms with van der Waals surface area (Å²) in [5.74, 6) is 0. The van der Waals surface area contributed by atoms with Gasteiger partial charge in [0, 0.05) is 30.1 Å². The Morgan fingerprint density at radius 1 is 1.33 bits per heavy atom. The second kappa shape index (κ2) is 7.44. The molecule has 0 spiro atoms. The lowest BCUT2D eigenvalue weighted by molar-refractivity contribution is 0.00207. The number of hydrogen-bond donors (Lipinski definition) is 1. The van der Waals surface area contributed by atoms with Crippen molar-refractivity contribution in [3.63, 3.8) is 0 Å². The first-order valence-corrected chi connectivity index (χ1v) is 9.32. The van der Waals surface area contributed by atoms with Crippen LogP contribution in [0.25, 0.3) is 0 Å². The molecule has 1 N–H and O–H groups in total. The van der Waals surface area contributed by atoms with Crippen molar-refractivity contribution < 1.29 is 9.53 Å². The van der Waals surface area contributed by atoms with E-state index >= 15 is 0 Å². The number of piperidine rings is 1. The first-order valence-electron chi connectivity index (χ1n) is 8.53. The highest BCUT2D eigenvalue weighted by Crippen LogP contribution is 2.30. The molecule has 1 aliphatic rings. The van der Waals surface area contributed by atoms with Gasteiger partial charge in [0.2, 0.25) is 0 Å². The molecule has 134 valence electrons. The third-order valence-corrected chi connectivity index (χ3v) is 4.88. The Hall–Kier alpha value is -1.07. The first kappa shape index (κ1) is 19.3. The zero-order valence-electron chi connectivity index (χ0n) is 15.4. The number of hydrogen-bond acceptors (Lipinski definition) is 3. The minimum Gasteiger partial charge on any atom is -0.444 e. The van der Waals surface area contributed by atoms with Gasteiger partial charge < -0.3 is 15.0 Å². The van der Waals surface area contributed by atoms with Crippen molar-refractivity contribution in [2.75, 3.05) is 13.1 Å². The summed E-state index contributed by atoms with van der Waals surface area (Å²) in [5, 5.41) is 3.66. The zero-order chi connectivity index (χ0) is 18.0. The van der Waals surface area contributed by atoms with Gasteiger partial charge in [-0.2, -0.15) is 0 Å². The summed E-state index contributed by atoms with van der Waals surface area (Å²) < 4.78 is 6.60. The highest BCUT2D eigenvalue weighted by molar-refractivity contribution is 9.10. The molecule has 0 bridgehead atoms. The second-order valence-corrected chi connectivity index (χ2v) is 9.15. The summed E-state index contributed by atoms with van der Waals surface area (Å²) in [6.45, 7) is 12.4. The molecule has 1 unspecified atom stereocenters. The summed E-state index contributed by atoms with van der Waals surface area (Å²) in [7, 11) is 0. The van der Waals surface area contributed by atoms with Crippen LogP contribution in [0.2, 0.25) is 0 Å². The molecular formula is C19H29BrN2O2. The third kappa shape index (κ3) is 5.49. The van der Waals surface area contributed by atoms with E-state index in [-0.39, 0.29) is 11.5 Å². The molecule has 1 saturated heterocycles. The Morgan fingerprint density at radius 3 is 2.50 bits per heavy atom. The molecule has 24 heavy (non-hydrogen) atoms. The van der Waals surface area contributed by atoms with E-state index in [0.29, 0.717) is 12.6 Å². The number of ether oxygens (including phenoxy) is 1. The summed E-state index contributed by atoms with van der Waals surface area (Å²) in [4.78, 5) is 14.1. The number of halogens is 1. The van der Waals surface area contributed by atoms with E-state index in [9.17, 15) is 4.79 Å². The highest BCUT2D eigenvalue weighted by Gasteiger charge is 2.38. The van der Waals surface area contributed by atoms with E-state index in [0.717, 1.165) is 24.0 Å². The molecule has 4 nitrogen and oxygen atoms in total. The van der Waals surface area contributed by atoms with Gasteiger partial charge in [0.1, 0.15) is 5.60 Å². The smallest absolute Gasteiger partial charge is 0.410 e. The van der Waals surface area contributed by atoms with Crippen molar-refractivity contribution in [3.8, 4) is 0 Å². The van der Waals surface area contributed by atoms with E-state index < -0.39 is 5.60 Å². The van der Waals surface area contributed by atoms with Gasteiger partial charge in [0.05, 0.1) is 0 Å². The molecule has 0 radical (unpaired) electrons. The Kier molecular flexibility index (Phi) is 5.97. The number of carbonyl (C=O) groups is 1. The van der Waals surface area contributed by atoms with E-state index in [1.54, 1.807) is 0 Å². The van der Waals surface area contributed by atoms with Crippen LogP contribution in [0.15, 0.2) is 28.7 Å². The second-order valence-electron chi connectivity index (χ2n) is 8.24.